The highest BCUT2D eigenvalue weighted by molar-refractivity contribution is 7.84. The van der Waals surface area contributed by atoms with E-state index in [1.54, 1.807) is 0 Å². The summed E-state index contributed by atoms with van der Waals surface area (Å²) in [7, 11) is -3.76. The van der Waals surface area contributed by atoms with E-state index in [4.69, 9.17) is 11.6 Å². The minimum Gasteiger partial charge on any atom is -0.258 e. The van der Waals surface area contributed by atoms with Crippen molar-refractivity contribution in [3.63, 3.8) is 0 Å². The molecule has 0 spiro atoms. The van der Waals surface area contributed by atoms with Crippen LogP contribution in [-0.2, 0) is 14.5 Å². The molecule has 9 heavy (non-hydrogen) atoms. The number of hydrogen-bond donors (Lipinski definition) is 1. The molecule has 56 valence electrons. The molecule has 0 saturated carbocycles. The maximum absolute atomic E-state index is 10.0. The van der Waals surface area contributed by atoms with Crippen LogP contribution in [0.1, 0.15) is 6.42 Å². The van der Waals surface area contributed by atoms with Gasteiger partial charge in [-0.05, 0) is 6.42 Å². The summed E-state index contributed by atoms with van der Waals surface area (Å²) in [6, 6.07) is 0. The average molecular weight is 174 g/mol. The second kappa shape index (κ2) is 4.05. The predicted octanol–water partition coefficient (Wildman–Crippen LogP) is -0.165. The van der Waals surface area contributed by atoms with Crippen molar-refractivity contribution in [1.82, 2.24) is 0 Å². The molecule has 4 nitrogen and oxygen atoms in total. The Morgan fingerprint density at radius 1 is 1.56 bits per heavy atom. The molecule has 2 N–H and O–H groups in total. The summed E-state index contributed by atoms with van der Waals surface area (Å²) >= 11 is 5.21. The molecule has 0 aromatic rings. The summed E-state index contributed by atoms with van der Waals surface area (Å²) in [4.78, 5) is 0. The number of alkyl halides is 1. The quantitative estimate of drug-likeness (QED) is 0.474. The zero-order valence-electron chi connectivity index (χ0n) is 4.71. The van der Waals surface area contributed by atoms with Crippen molar-refractivity contribution in [1.29, 1.82) is 0 Å². The van der Waals surface area contributed by atoms with E-state index in [0.29, 0.717) is 12.3 Å². The molecule has 0 heterocycles. The summed E-state index contributed by atoms with van der Waals surface area (Å²) in [6.07, 6.45) is 0.484. The van der Waals surface area contributed by atoms with Crippen molar-refractivity contribution in [2.45, 2.75) is 6.42 Å². The maximum atomic E-state index is 10.0. The van der Waals surface area contributed by atoms with Crippen LogP contribution in [-0.4, -0.2) is 20.9 Å². The third-order valence-corrected chi connectivity index (χ3v) is 1.29. The van der Waals surface area contributed by atoms with Crippen molar-refractivity contribution in [3.05, 3.63) is 0 Å². The number of rotatable bonds is 4. The van der Waals surface area contributed by atoms with Crippen molar-refractivity contribution >= 4 is 21.9 Å². The standard InChI is InChI=1S/C3H8ClNO3S/c4-2-1-3-8-9(5,6)7/h1-3H2,(H2,5,6,7). The Bertz CT molecular complexity index is 154. The Hall–Kier alpha value is 0.160. The Balaban J connectivity index is 3.30. The van der Waals surface area contributed by atoms with Crippen LogP contribution >= 0.6 is 11.6 Å². The zero-order chi connectivity index (χ0) is 7.33. The first-order valence-corrected chi connectivity index (χ1v) is 4.30. The summed E-state index contributed by atoms with van der Waals surface area (Å²) in [6.45, 7) is 0.0579. The molecule has 6 heteroatoms. The van der Waals surface area contributed by atoms with E-state index in [0.717, 1.165) is 0 Å². The minimum atomic E-state index is -3.76. The first kappa shape index (κ1) is 9.16. The lowest BCUT2D eigenvalue weighted by Gasteiger charge is -1.95. The molecule has 0 rings (SSSR count). The molecule has 0 unspecified atom stereocenters. The molecule has 0 bridgehead atoms. The first-order valence-electron chi connectivity index (χ1n) is 2.29. The van der Waals surface area contributed by atoms with E-state index in [1.165, 1.54) is 0 Å². The fourth-order valence-corrected chi connectivity index (χ4v) is 0.689. The van der Waals surface area contributed by atoms with Crippen LogP contribution in [0, 0.1) is 0 Å². The fraction of sp³-hybridized carbons (Fsp3) is 1.00. The van der Waals surface area contributed by atoms with Crippen LogP contribution in [0.25, 0.3) is 0 Å². The Morgan fingerprint density at radius 3 is 2.44 bits per heavy atom. The molecule has 0 aliphatic carbocycles. The molecule has 0 aliphatic rings. The summed E-state index contributed by atoms with van der Waals surface area (Å²) < 4.78 is 24.2. The lowest BCUT2D eigenvalue weighted by molar-refractivity contribution is 0.319. The van der Waals surface area contributed by atoms with E-state index in [9.17, 15) is 8.42 Å². The van der Waals surface area contributed by atoms with E-state index in [-0.39, 0.29) is 6.61 Å². The van der Waals surface area contributed by atoms with Crippen LogP contribution in [0.3, 0.4) is 0 Å². The van der Waals surface area contributed by atoms with Gasteiger partial charge in [0.25, 0.3) is 0 Å². The summed E-state index contributed by atoms with van der Waals surface area (Å²) in [5.41, 5.74) is 0. The molecule has 0 amide bonds. The highest BCUT2D eigenvalue weighted by atomic mass is 35.5. The van der Waals surface area contributed by atoms with Gasteiger partial charge in [-0.2, -0.15) is 8.42 Å². The van der Waals surface area contributed by atoms with Crippen molar-refractivity contribution in [2.75, 3.05) is 12.5 Å². The van der Waals surface area contributed by atoms with E-state index < -0.39 is 10.3 Å². The van der Waals surface area contributed by atoms with Crippen LogP contribution < -0.4 is 5.14 Å². The lowest BCUT2D eigenvalue weighted by Crippen LogP contribution is -2.16. The van der Waals surface area contributed by atoms with Gasteiger partial charge in [-0.3, -0.25) is 4.18 Å². The Morgan fingerprint density at radius 2 is 2.11 bits per heavy atom. The van der Waals surface area contributed by atoms with Crippen LogP contribution in [0.2, 0.25) is 0 Å². The Labute approximate surface area is 59.2 Å². The minimum absolute atomic E-state index is 0.0579. The van der Waals surface area contributed by atoms with Gasteiger partial charge < -0.3 is 0 Å². The van der Waals surface area contributed by atoms with Crippen molar-refractivity contribution in [2.24, 2.45) is 5.14 Å². The topological polar surface area (TPSA) is 69.4 Å². The van der Waals surface area contributed by atoms with Crippen molar-refractivity contribution in [3.8, 4) is 0 Å². The fourth-order valence-electron chi connectivity index (χ4n) is 0.230. The molecule has 0 atom stereocenters. The molecular formula is C3H8ClNO3S. The maximum Gasteiger partial charge on any atom is 0.333 e. The highest BCUT2D eigenvalue weighted by Gasteiger charge is 1.99. The second-order valence-electron chi connectivity index (χ2n) is 1.36. The van der Waals surface area contributed by atoms with Gasteiger partial charge in [-0.25, -0.2) is 5.14 Å². The number of hydrogen-bond acceptors (Lipinski definition) is 3. The SMILES string of the molecule is NS(=O)(=O)OCCCCl. The van der Waals surface area contributed by atoms with E-state index in [2.05, 4.69) is 9.32 Å². The van der Waals surface area contributed by atoms with Gasteiger partial charge in [-0.15, -0.1) is 11.6 Å². The molecule has 0 aliphatic heterocycles. The molecular weight excluding hydrogens is 166 g/mol. The van der Waals surface area contributed by atoms with Gasteiger partial charge in [0.2, 0.25) is 0 Å². The molecule has 0 radical (unpaired) electrons. The third-order valence-electron chi connectivity index (χ3n) is 0.526. The largest absolute Gasteiger partial charge is 0.333 e. The first-order chi connectivity index (χ1) is 4.06. The van der Waals surface area contributed by atoms with Gasteiger partial charge >= 0.3 is 10.3 Å². The lowest BCUT2D eigenvalue weighted by atomic mass is 10.5. The van der Waals surface area contributed by atoms with Crippen molar-refractivity contribution < 1.29 is 12.6 Å². The number of halogens is 1. The van der Waals surface area contributed by atoms with Crippen LogP contribution in [0.4, 0.5) is 0 Å². The van der Waals surface area contributed by atoms with E-state index >= 15 is 0 Å². The average Bonchev–Trinajstić information content (AvgIpc) is 1.63. The van der Waals surface area contributed by atoms with Gasteiger partial charge in [0.05, 0.1) is 6.61 Å². The Kier molecular flexibility index (Phi) is 4.12. The van der Waals surface area contributed by atoms with E-state index in [1.807, 2.05) is 0 Å². The monoisotopic (exact) mass is 173 g/mol. The predicted molar refractivity (Wildman–Crippen MR) is 34.4 cm³/mol. The highest BCUT2D eigenvalue weighted by Crippen LogP contribution is 1.88. The summed E-state index contributed by atoms with van der Waals surface area (Å²) in [5.74, 6) is 0.371. The zero-order valence-corrected chi connectivity index (χ0v) is 6.28. The second-order valence-corrected chi connectivity index (χ2v) is 2.96. The van der Waals surface area contributed by atoms with Crippen LogP contribution in [0.15, 0.2) is 0 Å². The van der Waals surface area contributed by atoms with Gasteiger partial charge in [0.15, 0.2) is 0 Å². The van der Waals surface area contributed by atoms with Gasteiger partial charge in [-0.1, -0.05) is 0 Å². The third kappa shape index (κ3) is 8.16. The molecule has 0 aromatic heterocycles. The molecule has 0 fully saturated rings. The van der Waals surface area contributed by atoms with Gasteiger partial charge in [0.1, 0.15) is 0 Å². The number of nitrogens with two attached hydrogens (primary N) is 1. The smallest absolute Gasteiger partial charge is 0.258 e. The summed E-state index contributed by atoms with van der Waals surface area (Å²) in [5, 5.41) is 4.48. The molecule has 0 saturated heterocycles. The normalized spacial score (nSPS) is 11.8. The molecule has 0 aromatic carbocycles. The van der Waals surface area contributed by atoms with Gasteiger partial charge in [0, 0.05) is 5.88 Å². The van der Waals surface area contributed by atoms with Crippen LogP contribution in [0.5, 0.6) is 0 Å².